The van der Waals surface area contributed by atoms with Crippen LogP contribution in [0.15, 0.2) is 34.9 Å². The summed E-state index contributed by atoms with van der Waals surface area (Å²) in [7, 11) is 0. The lowest BCUT2D eigenvalue weighted by molar-refractivity contribution is -0.127. The maximum Gasteiger partial charge on any atom is 0.264 e. The molecule has 0 radical (unpaired) electrons. The summed E-state index contributed by atoms with van der Waals surface area (Å²) in [6.45, 7) is 2.69. The average Bonchev–Trinajstić information content (AvgIpc) is 2.90. The fourth-order valence-electron chi connectivity index (χ4n) is 2.89. The van der Waals surface area contributed by atoms with Crippen LogP contribution in [-0.4, -0.2) is 40.9 Å². The minimum atomic E-state index is -0.561. The minimum Gasteiger partial charge on any atom is -0.496 e. The van der Waals surface area contributed by atoms with Crippen molar-refractivity contribution in [3.63, 3.8) is 0 Å². The van der Waals surface area contributed by atoms with Crippen LogP contribution >= 0.6 is 11.8 Å². The van der Waals surface area contributed by atoms with Crippen LogP contribution in [0.4, 0.5) is 4.39 Å². The molecule has 1 fully saturated rings. The molecule has 1 aromatic rings. The zero-order valence-electron chi connectivity index (χ0n) is 12.3. The summed E-state index contributed by atoms with van der Waals surface area (Å²) < 4.78 is 18.5. The second-order valence-electron chi connectivity index (χ2n) is 5.50. The molecule has 0 spiro atoms. The van der Waals surface area contributed by atoms with E-state index in [1.165, 1.54) is 23.9 Å². The van der Waals surface area contributed by atoms with E-state index in [-0.39, 0.29) is 24.3 Å². The molecule has 0 aliphatic carbocycles. The first-order chi connectivity index (χ1) is 10.6. The number of amides is 1. The molecule has 4 nitrogen and oxygen atoms in total. The lowest BCUT2D eigenvalue weighted by atomic mass is 10.0. The van der Waals surface area contributed by atoms with Crippen LogP contribution in [-0.2, 0) is 9.53 Å². The second-order valence-corrected chi connectivity index (χ2v) is 6.60. The van der Waals surface area contributed by atoms with E-state index in [0.29, 0.717) is 23.7 Å². The normalized spacial score (nSPS) is 25.3. The van der Waals surface area contributed by atoms with E-state index in [1.807, 2.05) is 0 Å². The minimum absolute atomic E-state index is 0.118. The summed E-state index contributed by atoms with van der Waals surface area (Å²) in [5.74, 6) is 0.958. The molecule has 1 N–H and O–H groups in total. The molecule has 22 heavy (non-hydrogen) atoms. The SMILES string of the molecule is CC1=C(C(=O)N2C[C@H](O)C[C@H]2c2ccc(F)cc2)SCCO1. The topological polar surface area (TPSA) is 49.8 Å². The molecular weight excluding hydrogens is 305 g/mol. The van der Waals surface area contributed by atoms with Gasteiger partial charge in [0, 0.05) is 12.3 Å². The summed E-state index contributed by atoms with van der Waals surface area (Å²) in [5.41, 5.74) is 0.839. The highest BCUT2D eigenvalue weighted by molar-refractivity contribution is 8.04. The molecule has 0 unspecified atom stereocenters. The van der Waals surface area contributed by atoms with Gasteiger partial charge in [-0.15, -0.1) is 11.8 Å². The number of halogens is 1. The Hall–Kier alpha value is -1.53. The molecule has 2 heterocycles. The van der Waals surface area contributed by atoms with Crippen LogP contribution in [0, 0.1) is 5.82 Å². The smallest absolute Gasteiger partial charge is 0.264 e. The van der Waals surface area contributed by atoms with Gasteiger partial charge in [0.05, 0.1) is 18.8 Å². The van der Waals surface area contributed by atoms with Crippen molar-refractivity contribution in [3.05, 3.63) is 46.3 Å². The van der Waals surface area contributed by atoms with Gasteiger partial charge in [-0.05, 0) is 31.0 Å². The number of thioether (sulfide) groups is 1. The van der Waals surface area contributed by atoms with Gasteiger partial charge in [0.2, 0.25) is 0 Å². The molecule has 2 aliphatic heterocycles. The van der Waals surface area contributed by atoms with Crippen molar-refractivity contribution in [2.45, 2.75) is 25.5 Å². The summed E-state index contributed by atoms with van der Waals surface area (Å²) in [6, 6.07) is 5.87. The summed E-state index contributed by atoms with van der Waals surface area (Å²) >= 11 is 1.49. The van der Waals surface area contributed by atoms with Crippen molar-refractivity contribution in [1.29, 1.82) is 0 Å². The molecule has 0 aromatic heterocycles. The van der Waals surface area contributed by atoms with Crippen molar-refractivity contribution in [2.75, 3.05) is 18.9 Å². The molecular formula is C16H18FNO3S. The van der Waals surface area contributed by atoms with E-state index in [9.17, 15) is 14.3 Å². The molecule has 1 saturated heterocycles. The quantitative estimate of drug-likeness (QED) is 0.908. The number of ether oxygens (including phenoxy) is 1. The van der Waals surface area contributed by atoms with Crippen LogP contribution in [0.1, 0.15) is 24.9 Å². The number of carbonyl (C=O) groups excluding carboxylic acids is 1. The van der Waals surface area contributed by atoms with E-state index in [1.54, 1.807) is 24.0 Å². The van der Waals surface area contributed by atoms with Gasteiger partial charge in [-0.1, -0.05) is 12.1 Å². The summed E-state index contributed by atoms with van der Waals surface area (Å²) in [4.78, 5) is 15.1. The Kier molecular flexibility index (Phi) is 4.40. The maximum absolute atomic E-state index is 13.1. The number of allylic oxidation sites excluding steroid dienone is 1. The Morgan fingerprint density at radius 3 is 2.82 bits per heavy atom. The van der Waals surface area contributed by atoms with E-state index in [2.05, 4.69) is 0 Å². The lowest BCUT2D eigenvalue weighted by Gasteiger charge is -2.27. The van der Waals surface area contributed by atoms with Crippen molar-refractivity contribution in [3.8, 4) is 0 Å². The number of nitrogens with zero attached hydrogens (tertiary/aromatic N) is 1. The second kappa shape index (κ2) is 6.30. The highest BCUT2D eigenvalue weighted by Gasteiger charge is 2.37. The van der Waals surface area contributed by atoms with Crippen LogP contribution in [0.3, 0.4) is 0 Å². The Balaban J connectivity index is 1.87. The first kappa shape index (κ1) is 15.4. The average molecular weight is 323 g/mol. The number of hydrogen-bond donors (Lipinski definition) is 1. The molecule has 2 aliphatic rings. The van der Waals surface area contributed by atoms with E-state index in [4.69, 9.17) is 4.74 Å². The summed E-state index contributed by atoms with van der Waals surface area (Å²) in [5, 5.41) is 9.98. The van der Waals surface area contributed by atoms with Gasteiger partial charge in [-0.3, -0.25) is 4.79 Å². The van der Waals surface area contributed by atoms with Gasteiger partial charge in [0.15, 0.2) is 0 Å². The first-order valence-electron chi connectivity index (χ1n) is 7.27. The molecule has 3 rings (SSSR count). The number of carbonyl (C=O) groups is 1. The number of rotatable bonds is 2. The third kappa shape index (κ3) is 2.98. The maximum atomic E-state index is 13.1. The van der Waals surface area contributed by atoms with E-state index >= 15 is 0 Å². The van der Waals surface area contributed by atoms with Crippen molar-refractivity contribution >= 4 is 17.7 Å². The number of hydrogen-bond acceptors (Lipinski definition) is 4. The highest BCUT2D eigenvalue weighted by atomic mass is 32.2. The molecule has 118 valence electrons. The number of aliphatic hydroxyl groups excluding tert-OH is 1. The molecule has 0 saturated carbocycles. The Bertz CT molecular complexity index is 602. The van der Waals surface area contributed by atoms with Crippen LogP contribution in [0.25, 0.3) is 0 Å². The molecule has 6 heteroatoms. The standard InChI is InChI=1S/C16H18FNO3S/c1-10-15(22-7-6-21-10)16(20)18-9-13(19)8-14(18)11-2-4-12(17)5-3-11/h2-5,13-14,19H,6-9H2,1H3/t13-,14+/m1/s1. The molecule has 1 amide bonds. The lowest BCUT2D eigenvalue weighted by Crippen LogP contribution is -2.33. The van der Waals surface area contributed by atoms with Gasteiger partial charge in [0.1, 0.15) is 16.5 Å². The Labute approximate surface area is 132 Å². The van der Waals surface area contributed by atoms with Gasteiger partial charge < -0.3 is 14.7 Å². The third-order valence-corrected chi connectivity index (χ3v) is 5.08. The van der Waals surface area contributed by atoms with Crippen LogP contribution < -0.4 is 0 Å². The predicted molar refractivity (Wildman–Crippen MR) is 82.6 cm³/mol. The zero-order chi connectivity index (χ0) is 15.7. The zero-order valence-corrected chi connectivity index (χ0v) is 13.1. The first-order valence-corrected chi connectivity index (χ1v) is 8.26. The fraction of sp³-hybridized carbons (Fsp3) is 0.438. The van der Waals surface area contributed by atoms with Crippen LogP contribution in [0.2, 0.25) is 0 Å². The van der Waals surface area contributed by atoms with E-state index in [0.717, 1.165) is 11.3 Å². The van der Waals surface area contributed by atoms with Crippen molar-refractivity contribution in [1.82, 2.24) is 4.90 Å². The number of β-amino-alcohol motifs (C(OH)–C–C–N with tert-alkyl or cyclic N) is 1. The van der Waals surface area contributed by atoms with Crippen molar-refractivity contribution in [2.24, 2.45) is 0 Å². The van der Waals surface area contributed by atoms with Gasteiger partial charge in [-0.25, -0.2) is 4.39 Å². The summed E-state index contributed by atoms with van der Waals surface area (Å²) in [6.07, 6.45) is -0.0932. The molecule has 1 aromatic carbocycles. The largest absolute Gasteiger partial charge is 0.496 e. The number of benzene rings is 1. The van der Waals surface area contributed by atoms with Crippen LogP contribution in [0.5, 0.6) is 0 Å². The number of aliphatic hydroxyl groups is 1. The highest BCUT2D eigenvalue weighted by Crippen LogP contribution is 2.36. The fourth-order valence-corrected chi connectivity index (χ4v) is 3.76. The molecule has 0 bridgehead atoms. The van der Waals surface area contributed by atoms with Gasteiger partial charge in [0.25, 0.3) is 5.91 Å². The van der Waals surface area contributed by atoms with Crippen molar-refractivity contribution < 1.29 is 19.0 Å². The van der Waals surface area contributed by atoms with Gasteiger partial charge >= 0.3 is 0 Å². The monoisotopic (exact) mass is 323 g/mol. The third-order valence-electron chi connectivity index (χ3n) is 3.96. The molecule has 2 atom stereocenters. The van der Waals surface area contributed by atoms with Gasteiger partial charge in [-0.2, -0.15) is 0 Å². The van der Waals surface area contributed by atoms with E-state index < -0.39 is 6.10 Å². The Morgan fingerprint density at radius 2 is 2.14 bits per heavy atom. The number of likely N-dealkylation sites (tertiary alicyclic amines) is 1. The predicted octanol–water partition coefficient (Wildman–Crippen LogP) is 2.45. The Morgan fingerprint density at radius 1 is 1.41 bits per heavy atom.